The predicted octanol–water partition coefficient (Wildman–Crippen LogP) is 7.47. The molecular weight excluding hydrogens is 622 g/mol. The number of nitro benzene ring substituents is 1. The Balaban J connectivity index is 1.47. The molecule has 0 heterocycles. The maximum atomic E-state index is 11.4. The summed E-state index contributed by atoms with van der Waals surface area (Å²) in [5, 5.41) is 37.9. The molecule has 248 valence electrons. The van der Waals surface area contributed by atoms with E-state index >= 15 is 0 Å². The number of azo groups is 1. The Morgan fingerprint density at radius 1 is 0.812 bits per heavy atom. The van der Waals surface area contributed by atoms with Gasteiger partial charge in [0, 0.05) is 42.2 Å². The highest BCUT2D eigenvalue weighted by Crippen LogP contribution is 2.40. The first kappa shape index (κ1) is 34.6. The molecule has 48 heavy (non-hydrogen) atoms. The predicted molar refractivity (Wildman–Crippen MR) is 179 cm³/mol. The number of hydrogen-bond acceptors (Lipinski definition) is 11. The number of rotatable bonds is 15. The molecule has 4 aromatic carbocycles. The average molecular weight is 656 g/mol. The number of anilines is 1. The first-order valence-corrected chi connectivity index (χ1v) is 14.6. The van der Waals surface area contributed by atoms with Gasteiger partial charge in [0.05, 0.1) is 42.5 Å². The van der Waals surface area contributed by atoms with E-state index in [0.29, 0.717) is 47.4 Å². The Labute approximate surface area is 275 Å². The van der Waals surface area contributed by atoms with Crippen molar-refractivity contribution in [1.82, 2.24) is 0 Å². The maximum absolute atomic E-state index is 11.4. The third-order valence-electron chi connectivity index (χ3n) is 7.16. The number of methoxy groups -OCH3 is 2. The van der Waals surface area contributed by atoms with Crippen LogP contribution >= 0.6 is 0 Å². The summed E-state index contributed by atoms with van der Waals surface area (Å²) in [7, 11) is 3.01. The highest BCUT2D eigenvalue weighted by Gasteiger charge is 2.15. The maximum Gasteiger partial charge on any atom is 0.335 e. The van der Waals surface area contributed by atoms with Gasteiger partial charge >= 0.3 is 11.9 Å². The van der Waals surface area contributed by atoms with Crippen LogP contribution in [0.2, 0.25) is 0 Å². The SMILES string of the molecule is CCN(CCOc1cc(C(=O)O)cc(C(=O)O)c1)c1ccc(/C(C)=N/c2cc(OC)c(/N=N/c3ccc([N+](=O)[O-])cc3)cc2OC)cc1. The van der Waals surface area contributed by atoms with Gasteiger partial charge in [-0.15, -0.1) is 5.11 Å². The van der Waals surface area contributed by atoms with Crippen molar-refractivity contribution >= 4 is 46.1 Å². The van der Waals surface area contributed by atoms with Gasteiger partial charge in [-0.05, 0) is 61.9 Å². The molecule has 0 radical (unpaired) electrons. The highest BCUT2D eigenvalue weighted by atomic mass is 16.6. The summed E-state index contributed by atoms with van der Waals surface area (Å²) in [6, 6.07) is 20.5. The zero-order valence-corrected chi connectivity index (χ0v) is 26.6. The quantitative estimate of drug-likeness (QED) is 0.0563. The molecule has 0 saturated carbocycles. The van der Waals surface area contributed by atoms with E-state index in [4.69, 9.17) is 19.2 Å². The molecule has 0 amide bonds. The van der Waals surface area contributed by atoms with Crippen molar-refractivity contribution in [2.24, 2.45) is 15.2 Å². The number of carboxylic acid groups (broad SMARTS) is 2. The second kappa shape index (κ2) is 15.8. The molecule has 0 aliphatic heterocycles. The topological polar surface area (TPSA) is 186 Å². The van der Waals surface area contributed by atoms with Crippen molar-refractivity contribution in [3.63, 3.8) is 0 Å². The lowest BCUT2D eigenvalue weighted by Crippen LogP contribution is -2.28. The number of benzene rings is 4. The third-order valence-corrected chi connectivity index (χ3v) is 7.16. The summed E-state index contributed by atoms with van der Waals surface area (Å²) in [5.41, 5.74) is 3.44. The van der Waals surface area contributed by atoms with Gasteiger partial charge < -0.3 is 29.3 Å². The van der Waals surface area contributed by atoms with E-state index in [0.717, 1.165) is 17.3 Å². The van der Waals surface area contributed by atoms with Crippen molar-refractivity contribution in [3.8, 4) is 17.2 Å². The summed E-state index contributed by atoms with van der Waals surface area (Å²) >= 11 is 0. The minimum Gasteiger partial charge on any atom is -0.494 e. The van der Waals surface area contributed by atoms with Crippen molar-refractivity contribution < 1.29 is 38.9 Å². The minimum absolute atomic E-state index is 0.0468. The number of carboxylic acids is 2. The van der Waals surface area contributed by atoms with Crippen LogP contribution < -0.4 is 19.1 Å². The van der Waals surface area contributed by atoms with Crippen LogP contribution in [0, 0.1) is 10.1 Å². The van der Waals surface area contributed by atoms with E-state index in [1.54, 1.807) is 12.1 Å². The molecule has 0 aliphatic carbocycles. The number of hydrogen-bond donors (Lipinski definition) is 2. The average Bonchev–Trinajstić information content (AvgIpc) is 3.09. The highest BCUT2D eigenvalue weighted by molar-refractivity contribution is 6.01. The van der Waals surface area contributed by atoms with Crippen LogP contribution in [0.3, 0.4) is 0 Å². The molecule has 4 aromatic rings. The first-order chi connectivity index (χ1) is 23.0. The van der Waals surface area contributed by atoms with Crippen LogP contribution in [0.5, 0.6) is 17.2 Å². The van der Waals surface area contributed by atoms with Gasteiger partial charge in [-0.3, -0.25) is 10.1 Å². The second-order valence-electron chi connectivity index (χ2n) is 10.2. The van der Waals surface area contributed by atoms with Crippen molar-refractivity contribution in [1.29, 1.82) is 0 Å². The summed E-state index contributed by atoms with van der Waals surface area (Å²) in [6.45, 7) is 5.18. The molecule has 0 atom stereocenters. The minimum atomic E-state index is -1.24. The smallest absolute Gasteiger partial charge is 0.335 e. The van der Waals surface area contributed by atoms with E-state index in [-0.39, 0.29) is 29.2 Å². The molecule has 0 saturated heterocycles. The zero-order valence-electron chi connectivity index (χ0n) is 26.6. The Morgan fingerprint density at radius 2 is 1.40 bits per heavy atom. The molecule has 4 rings (SSSR count). The van der Waals surface area contributed by atoms with E-state index in [2.05, 4.69) is 15.1 Å². The number of aliphatic imine (C=N–C) groups is 1. The summed E-state index contributed by atoms with van der Waals surface area (Å²) in [5.74, 6) is -1.48. The Hall–Kier alpha value is -6.31. The number of nitrogens with zero attached hydrogens (tertiary/aromatic N) is 5. The molecule has 14 heteroatoms. The van der Waals surface area contributed by atoms with Crippen LogP contribution in [0.15, 0.2) is 94.1 Å². The van der Waals surface area contributed by atoms with Crippen LogP contribution in [-0.4, -0.2) is 66.7 Å². The van der Waals surface area contributed by atoms with Crippen molar-refractivity contribution in [2.75, 3.05) is 38.8 Å². The number of carbonyl (C=O) groups is 2. The Kier molecular flexibility index (Phi) is 11.4. The zero-order chi connectivity index (χ0) is 34.8. The van der Waals surface area contributed by atoms with Crippen LogP contribution in [0.4, 0.5) is 28.4 Å². The van der Waals surface area contributed by atoms with E-state index in [1.807, 2.05) is 38.1 Å². The molecule has 0 bridgehead atoms. The van der Waals surface area contributed by atoms with E-state index in [9.17, 15) is 29.9 Å². The van der Waals surface area contributed by atoms with Crippen molar-refractivity contribution in [3.05, 3.63) is 106 Å². The van der Waals surface area contributed by atoms with Crippen LogP contribution in [0.1, 0.15) is 40.1 Å². The molecule has 2 N–H and O–H groups in total. The van der Waals surface area contributed by atoms with Gasteiger partial charge in [0.1, 0.15) is 35.2 Å². The summed E-state index contributed by atoms with van der Waals surface area (Å²) in [4.78, 5) is 40.0. The monoisotopic (exact) mass is 655 g/mol. The first-order valence-electron chi connectivity index (χ1n) is 14.6. The van der Waals surface area contributed by atoms with Gasteiger partial charge in [-0.1, -0.05) is 12.1 Å². The standard InChI is InChI=1S/C34H33N5O9/c1-5-38(14-15-48-28-17-23(33(40)41)16-24(18-28)34(42)43)26-10-6-22(7-11-26)21(2)35-29-19-32(47-4)30(20-31(29)46-3)37-36-25-8-12-27(13-9-25)39(44)45/h6-13,16-20H,5,14-15H2,1-4H3,(H,40,41)(H,42,43)/b35-21+,37-36+. The normalized spacial score (nSPS) is 11.3. The Morgan fingerprint density at radius 3 is 1.94 bits per heavy atom. The molecule has 0 fully saturated rings. The fraction of sp³-hybridized carbons (Fsp3) is 0.206. The Bertz CT molecular complexity index is 1820. The largest absolute Gasteiger partial charge is 0.494 e. The van der Waals surface area contributed by atoms with E-state index < -0.39 is 16.9 Å². The van der Waals surface area contributed by atoms with E-state index in [1.165, 1.54) is 50.6 Å². The van der Waals surface area contributed by atoms with Gasteiger partial charge in [0.2, 0.25) is 0 Å². The van der Waals surface area contributed by atoms with Crippen molar-refractivity contribution in [2.45, 2.75) is 13.8 Å². The lowest BCUT2D eigenvalue weighted by Gasteiger charge is -2.23. The summed E-state index contributed by atoms with van der Waals surface area (Å²) in [6.07, 6.45) is 0. The number of nitro groups is 1. The number of non-ortho nitro benzene ring substituents is 1. The molecule has 14 nitrogen and oxygen atoms in total. The molecular formula is C34H33N5O9. The van der Waals surface area contributed by atoms with Gasteiger partial charge in [-0.25, -0.2) is 14.6 Å². The lowest BCUT2D eigenvalue weighted by atomic mass is 10.1. The molecule has 0 spiro atoms. The molecule has 0 aliphatic rings. The van der Waals surface area contributed by atoms with Gasteiger partial charge in [0.15, 0.2) is 0 Å². The number of aromatic carboxylic acids is 2. The fourth-order valence-corrected chi connectivity index (χ4v) is 4.62. The number of ether oxygens (including phenoxy) is 3. The third kappa shape index (κ3) is 8.69. The van der Waals surface area contributed by atoms with Gasteiger partial charge in [0.25, 0.3) is 5.69 Å². The fourth-order valence-electron chi connectivity index (χ4n) is 4.62. The van der Waals surface area contributed by atoms with Crippen LogP contribution in [-0.2, 0) is 0 Å². The summed E-state index contributed by atoms with van der Waals surface area (Å²) < 4.78 is 16.8. The number of likely N-dealkylation sites (N-methyl/N-ethyl adjacent to an activating group) is 1. The van der Waals surface area contributed by atoms with Crippen LogP contribution in [0.25, 0.3) is 0 Å². The van der Waals surface area contributed by atoms with Gasteiger partial charge in [-0.2, -0.15) is 5.11 Å². The second-order valence-corrected chi connectivity index (χ2v) is 10.2. The molecule has 0 aromatic heterocycles. The lowest BCUT2D eigenvalue weighted by molar-refractivity contribution is -0.384. The molecule has 0 unspecified atom stereocenters.